The van der Waals surface area contributed by atoms with Crippen LogP contribution in [-0.2, 0) is 9.59 Å². The van der Waals surface area contributed by atoms with Crippen LogP contribution in [0.1, 0.15) is 50.1 Å². The molecule has 1 atom stereocenters. The first kappa shape index (κ1) is 18.2. The van der Waals surface area contributed by atoms with Gasteiger partial charge in [0.1, 0.15) is 0 Å². The number of hydrogen-bond donors (Lipinski definition) is 2. The van der Waals surface area contributed by atoms with Crippen molar-refractivity contribution >= 4 is 29.2 Å². The maximum Gasteiger partial charge on any atom is 0.305 e. The summed E-state index contributed by atoms with van der Waals surface area (Å²) in [7, 11) is 0. The topological polar surface area (TPSA) is 110 Å². The minimum Gasteiger partial charge on any atom is -0.481 e. The second kappa shape index (κ2) is 8.10. The van der Waals surface area contributed by atoms with E-state index in [1.54, 1.807) is 0 Å². The summed E-state index contributed by atoms with van der Waals surface area (Å²) in [5.41, 5.74) is 0.0501. The number of nitro groups is 1. The van der Waals surface area contributed by atoms with Crippen molar-refractivity contribution in [3.8, 4) is 0 Å². The van der Waals surface area contributed by atoms with Gasteiger partial charge in [-0.3, -0.25) is 19.7 Å². The molecule has 8 heteroatoms. The summed E-state index contributed by atoms with van der Waals surface area (Å²) in [6.45, 7) is 0. The first-order chi connectivity index (χ1) is 11.4. The molecule has 24 heavy (non-hydrogen) atoms. The molecule has 1 aliphatic rings. The molecule has 130 valence electrons. The van der Waals surface area contributed by atoms with Crippen LogP contribution in [0.5, 0.6) is 0 Å². The third-order valence-electron chi connectivity index (χ3n) is 4.24. The summed E-state index contributed by atoms with van der Waals surface area (Å²) in [6, 6.07) is 2.91. The molecule has 2 N–H and O–H groups in total. The Morgan fingerprint density at radius 1 is 1.33 bits per heavy atom. The molecular weight excluding hydrogens is 336 g/mol. The highest BCUT2D eigenvalue weighted by atomic mass is 35.5. The Morgan fingerprint density at radius 2 is 2.00 bits per heavy atom. The zero-order valence-electron chi connectivity index (χ0n) is 13.0. The largest absolute Gasteiger partial charge is 0.481 e. The van der Waals surface area contributed by atoms with Crippen molar-refractivity contribution in [1.82, 2.24) is 5.32 Å². The van der Waals surface area contributed by atoms with Crippen LogP contribution in [0.4, 0.5) is 5.69 Å². The van der Waals surface area contributed by atoms with Crippen molar-refractivity contribution in [1.29, 1.82) is 0 Å². The fraction of sp³-hybridized carbons (Fsp3) is 0.500. The molecule has 0 saturated heterocycles. The van der Waals surface area contributed by atoms with E-state index in [-0.39, 0.29) is 34.5 Å². The molecular formula is C16H19ClN2O5. The number of non-ortho nitro benzene ring substituents is 1. The van der Waals surface area contributed by atoms with Gasteiger partial charge in [-0.25, -0.2) is 0 Å². The van der Waals surface area contributed by atoms with Gasteiger partial charge in [0.15, 0.2) is 0 Å². The number of rotatable bonds is 6. The van der Waals surface area contributed by atoms with Crippen LogP contribution in [0, 0.1) is 16.0 Å². The molecule has 1 unspecified atom stereocenters. The molecule has 1 aromatic carbocycles. The standard InChI is InChI=1S/C16H19ClN2O5/c17-13-7-6-11(19(23)24)8-12(13)14(9-15(20)21)18-16(22)10-4-2-1-3-5-10/h6-8,10,14H,1-5,9H2,(H,18,22)(H,20,21). The summed E-state index contributed by atoms with van der Waals surface area (Å²) in [5, 5.41) is 23.0. The predicted molar refractivity (Wildman–Crippen MR) is 87.8 cm³/mol. The van der Waals surface area contributed by atoms with Gasteiger partial charge < -0.3 is 10.4 Å². The molecule has 1 fully saturated rings. The summed E-state index contributed by atoms with van der Waals surface area (Å²) < 4.78 is 0. The molecule has 0 radical (unpaired) electrons. The van der Waals surface area contributed by atoms with E-state index in [2.05, 4.69) is 5.32 Å². The van der Waals surface area contributed by atoms with Gasteiger partial charge in [0.2, 0.25) is 5.91 Å². The van der Waals surface area contributed by atoms with E-state index in [0.717, 1.165) is 32.1 Å². The van der Waals surface area contributed by atoms with Crippen LogP contribution in [0.25, 0.3) is 0 Å². The molecule has 1 aliphatic carbocycles. The van der Waals surface area contributed by atoms with Crippen molar-refractivity contribution in [3.63, 3.8) is 0 Å². The monoisotopic (exact) mass is 354 g/mol. The minimum absolute atomic E-state index is 0.146. The molecule has 0 spiro atoms. The Kier molecular flexibility index (Phi) is 6.14. The lowest BCUT2D eigenvalue weighted by Crippen LogP contribution is -2.36. The summed E-state index contributed by atoms with van der Waals surface area (Å²) in [4.78, 5) is 33.9. The molecule has 1 aromatic rings. The fourth-order valence-corrected chi connectivity index (χ4v) is 3.23. The van der Waals surface area contributed by atoms with Crippen molar-refractivity contribution in [3.05, 3.63) is 38.9 Å². The molecule has 0 heterocycles. The van der Waals surface area contributed by atoms with E-state index < -0.39 is 16.9 Å². The molecule has 1 saturated carbocycles. The highest BCUT2D eigenvalue weighted by Crippen LogP contribution is 2.31. The van der Waals surface area contributed by atoms with Gasteiger partial charge in [0.05, 0.1) is 17.4 Å². The second-order valence-electron chi connectivity index (χ2n) is 5.96. The fourth-order valence-electron chi connectivity index (χ4n) is 2.98. The van der Waals surface area contributed by atoms with Gasteiger partial charge in [-0.2, -0.15) is 0 Å². The van der Waals surface area contributed by atoms with Crippen LogP contribution in [0.15, 0.2) is 18.2 Å². The number of amides is 1. The lowest BCUT2D eigenvalue weighted by molar-refractivity contribution is -0.384. The Bertz CT molecular complexity index is 643. The number of aliphatic carboxylic acids is 1. The first-order valence-electron chi connectivity index (χ1n) is 7.84. The van der Waals surface area contributed by atoms with Gasteiger partial charge in [0, 0.05) is 28.6 Å². The Labute approximate surface area is 144 Å². The van der Waals surface area contributed by atoms with Crippen molar-refractivity contribution in [2.75, 3.05) is 0 Å². The number of nitrogens with one attached hydrogen (secondary N) is 1. The third kappa shape index (κ3) is 4.67. The van der Waals surface area contributed by atoms with E-state index in [0.29, 0.717) is 0 Å². The van der Waals surface area contributed by atoms with Crippen molar-refractivity contribution in [2.45, 2.75) is 44.6 Å². The van der Waals surface area contributed by atoms with Crippen LogP contribution in [0.3, 0.4) is 0 Å². The van der Waals surface area contributed by atoms with Crippen LogP contribution in [-0.4, -0.2) is 21.9 Å². The summed E-state index contributed by atoms with van der Waals surface area (Å²) >= 11 is 6.08. The number of hydrogen-bond acceptors (Lipinski definition) is 4. The summed E-state index contributed by atoms with van der Waals surface area (Å²) in [5.74, 6) is -1.48. The van der Waals surface area contributed by atoms with Crippen molar-refractivity contribution in [2.24, 2.45) is 5.92 Å². The van der Waals surface area contributed by atoms with Crippen LogP contribution >= 0.6 is 11.6 Å². The maximum atomic E-state index is 12.4. The SMILES string of the molecule is O=C(O)CC(NC(=O)C1CCCCC1)c1cc([N+](=O)[O-])ccc1Cl. The molecule has 0 aliphatic heterocycles. The van der Waals surface area contributed by atoms with E-state index in [9.17, 15) is 19.7 Å². The van der Waals surface area contributed by atoms with Crippen LogP contribution < -0.4 is 5.32 Å². The third-order valence-corrected chi connectivity index (χ3v) is 4.58. The number of nitro benzene ring substituents is 1. The first-order valence-corrected chi connectivity index (χ1v) is 8.22. The molecule has 0 aromatic heterocycles. The van der Waals surface area contributed by atoms with E-state index >= 15 is 0 Å². The van der Waals surface area contributed by atoms with Gasteiger partial charge >= 0.3 is 5.97 Å². The second-order valence-corrected chi connectivity index (χ2v) is 6.36. The average Bonchev–Trinajstić information content (AvgIpc) is 2.54. The normalized spacial score (nSPS) is 16.4. The quantitative estimate of drug-likeness (QED) is 0.600. The minimum atomic E-state index is -1.12. The van der Waals surface area contributed by atoms with Gasteiger partial charge in [-0.05, 0) is 18.9 Å². The zero-order valence-corrected chi connectivity index (χ0v) is 13.8. The lowest BCUT2D eigenvalue weighted by Gasteiger charge is -2.25. The smallest absolute Gasteiger partial charge is 0.305 e. The Hall–Kier alpha value is -2.15. The van der Waals surface area contributed by atoms with Crippen LogP contribution in [0.2, 0.25) is 5.02 Å². The predicted octanol–water partition coefficient (Wildman–Crippen LogP) is 3.46. The number of nitrogens with zero attached hydrogens (tertiary/aromatic N) is 1. The zero-order chi connectivity index (χ0) is 17.7. The Balaban J connectivity index is 2.24. The molecule has 0 bridgehead atoms. The molecule has 2 rings (SSSR count). The maximum absolute atomic E-state index is 12.4. The number of carbonyl (C=O) groups is 2. The van der Waals surface area contributed by atoms with Gasteiger partial charge in [0.25, 0.3) is 5.69 Å². The number of halogens is 1. The number of benzene rings is 1. The molecule has 7 nitrogen and oxygen atoms in total. The van der Waals surface area contributed by atoms with E-state index in [1.807, 2.05) is 0 Å². The van der Waals surface area contributed by atoms with Crippen molar-refractivity contribution < 1.29 is 19.6 Å². The molecule has 1 amide bonds. The highest BCUT2D eigenvalue weighted by Gasteiger charge is 2.27. The Morgan fingerprint density at radius 3 is 2.58 bits per heavy atom. The number of carboxylic acids is 1. The highest BCUT2D eigenvalue weighted by molar-refractivity contribution is 6.31. The van der Waals surface area contributed by atoms with E-state index in [1.165, 1.54) is 18.2 Å². The van der Waals surface area contributed by atoms with Gasteiger partial charge in [-0.15, -0.1) is 0 Å². The number of carboxylic acid groups (broad SMARTS) is 1. The van der Waals surface area contributed by atoms with E-state index in [4.69, 9.17) is 16.7 Å². The average molecular weight is 355 g/mol. The lowest BCUT2D eigenvalue weighted by atomic mass is 9.88. The number of carbonyl (C=O) groups excluding carboxylic acids is 1. The summed E-state index contributed by atoms with van der Waals surface area (Å²) in [6.07, 6.45) is 4.19. The van der Waals surface area contributed by atoms with Gasteiger partial charge in [-0.1, -0.05) is 30.9 Å².